The molecular formula is C18H14BrClN4O. The molecule has 0 spiro atoms. The number of benzene rings is 2. The number of urea groups is 1. The lowest BCUT2D eigenvalue weighted by Gasteiger charge is -2.16. The second-order valence-electron chi connectivity index (χ2n) is 5.75. The standard InChI is InChI=1S/C18H14BrClN4O/c19-14-6-5-11(7-15(14)20)23-18(25)22-9-17-13-4-2-1-3-12(13)16-8-21-10-24(16)17/h1-8,10,17H,9H2,(H2,22,23,25). The smallest absolute Gasteiger partial charge is 0.319 e. The molecular weight excluding hydrogens is 404 g/mol. The quantitative estimate of drug-likeness (QED) is 0.649. The van der Waals surface area contributed by atoms with Crippen LogP contribution in [0.15, 0.2) is 59.5 Å². The van der Waals surface area contributed by atoms with Gasteiger partial charge in [-0.05, 0) is 39.7 Å². The predicted octanol–water partition coefficient (Wildman–Crippen LogP) is 4.69. The topological polar surface area (TPSA) is 59.0 Å². The normalized spacial score (nSPS) is 14.7. The van der Waals surface area contributed by atoms with Gasteiger partial charge in [0.1, 0.15) is 0 Å². The Kier molecular flexibility index (Phi) is 4.23. The second-order valence-corrected chi connectivity index (χ2v) is 7.01. The summed E-state index contributed by atoms with van der Waals surface area (Å²) >= 11 is 9.38. The summed E-state index contributed by atoms with van der Waals surface area (Å²) in [7, 11) is 0. The number of nitrogens with one attached hydrogen (secondary N) is 2. The van der Waals surface area contributed by atoms with Crippen LogP contribution in [-0.2, 0) is 0 Å². The molecule has 0 aliphatic carbocycles. The van der Waals surface area contributed by atoms with Crippen molar-refractivity contribution in [2.24, 2.45) is 0 Å². The molecule has 1 aliphatic heterocycles. The number of rotatable bonds is 3. The maximum absolute atomic E-state index is 12.2. The van der Waals surface area contributed by atoms with Crippen LogP contribution in [0.4, 0.5) is 10.5 Å². The zero-order valence-corrected chi connectivity index (χ0v) is 15.4. The lowest BCUT2D eigenvalue weighted by molar-refractivity contribution is 0.251. The average molecular weight is 418 g/mol. The fourth-order valence-corrected chi connectivity index (χ4v) is 3.51. The van der Waals surface area contributed by atoms with Crippen molar-refractivity contribution in [3.05, 3.63) is 70.0 Å². The number of nitrogens with zero attached hydrogens (tertiary/aromatic N) is 2. The molecule has 126 valence electrons. The minimum Gasteiger partial charge on any atom is -0.335 e. The van der Waals surface area contributed by atoms with Crippen LogP contribution in [-0.4, -0.2) is 22.1 Å². The number of carbonyl (C=O) groups excluding carboxylic acids is 1. The lowest BCUT2D eigenvalue weighted by atomic mass is 10.0. The lowest BCUT2D eigenvalue weighted by Crippen LogP contribution is -2.33. The van der Waals surface area contributed by atoms with Gasteiger partial charge >= 0.3 is 6.03 Å². The third-order valence-corrected chi connectivity index (χ3v) is 5.46. The fraction of sp³-hybridized carbons (Fsp3) is 0.111. The van der Waals surface area contributed by atoms with Gasteiger partial charge in [-0.3, -0.25) is 0 Å². The first-order valence-electron chi connectivity index (χ1n) is 7.74. The van der Waals surface area contributed by atoms with E-state index in [2.05, 4.69) is 48.2 Å². The van der Waals surface area contributed by atoms with E-state index in [0.717, 1.165) is 15.7 Å². The van der Waals surface area contributed by atoms with Crippen LogP contribution in [0.5, 0.6) is 0 Å². The first-order chi connectivity index (χ1) is 12.1. The minimum atomic E-state index is -0.274. The number of hydrogen-bond acceptors (Lipinski definition) is 2. The molecule has 3 aromatic rings. The first kappa shape index (κ1) is 16.2. The Morgan fingerprint density at radius 3 is 2.96 bits per heavy atom. The fourth-order valence-electron chi connectivity index (χ4n) is 3.08. The van der Waals surface area contributed by atoms with E-state index in [9.17, 15) is 4.79 Å². The highest BCUT2D eigenvalue weighted by molar-refractivity contribution is 9.10. The highest BCUT2D eigenvalue weighted by Gasteiger charge is 2.28. The average Bonchev–Trinajstić information content (AvgIpc) is 3.18. The summed E-state index contributed by atoms with van der Waals surface area (Å²) in [4.78, 5) is 16.4. The van der Waals surface area contributed by atoms with Gasteiger partial charge in [0, 0.05) is 22.3 Å². The molecule has 4 rings (SSSR count). The summed E-state index contributed by atoms with van der Waals surface area (Å²) in [6.07, 6.45) is 3.65. The van der Waals surface area contributed by atoms with E-state index in [-0.39, 0.29) is 12.1 Å². The third-order valence-electron chi connectivity index (χ3n) is 4.23. The van der Waals surface area contributed by atoms with Crippen LogP contribution >= 0.6 is 27.5 Å². The van der Waals surface area contributed by atoms with Gasteiger partial charge in [-0.15, -0.1) is 0 Å². The molecule has 0 fully saturated rings. The molecule has 1 aromatic heterocycles. The Morgan fingerprint density at radius 2 is 2.12 bits per heavy atom. The van der Waals surface area contributed by atoms with Crippen LogP contribution in [0.2, 0.25) is 5.02 Å². The molecule has 5 nitrogen and oxygen atoms in total. The Bertz CT molecular complexity index is 956. The third kappa shape index (κ3) is 3.03. The van der Waals surface area contributed by atoms with Gasteiger partial charge in [0.2, 0.25) is 0 Å². The Morgan fingerprint density at radius 1 is 1.28 bits per heavy atom. The number of amides is 2. The van der Waals surface area contributed by atoms with Crippen molar-refractivity contribution in [2.75, 3.05) is 11.9 Å². The molecule has 7 heteroatoms. The van der Waals surface area contributed by atoms with E-state index >= 15 is 0 Å². The van der Waals surface area contributed by atoms with Gasteiger partial charge in [-0.2, -0.15) is 0 Å². The van der Waals surface area contributed by atoms with Gasteiger partial charge < -0.3 is 15.2 Å². The molecule has 1 aliphatic rings. The number of hydrogen-bond donors (Lipinski definition) is 2. The van der Waals surface area contributed by atoms with E-state index in [1.807, 2.05) is 18.3 Å². The van der Waals surface area contributed by atoms with E-state index in [4.69, 9.17) is 11.6 Å². The van der Waals surface area contributed by atoms with Crippen molar-refractivity contribution in [2.45, 2.75) is 6.04 Å². The molecule has 0 saturated carbocycles. The number of imidazole rings is 1. The monoisotopic (exact) mass is 416 g/mol. The van der Waals surface area contributed by atoms with Crippen molar-refractivity contribution in [1.29, 1.82) is 0 Å². The Hall–Kier alpha value is -2.31. The first-order valence-corrected chi connectivity index (χ1v) is 8.91. The molecule has 25 heavy (non-hydrogen) atoms. The van der Waals surface area contributed by atoms with E-state index in [1.165, 1.54) is 5.56 Å². The van der Waals surface area contributed by atoms with Crippen molar-refractivity contribution in [1.82, 2.24) is 14.9 Å². The largest absolute Gasteiger partial charge is 0.335 e. The molecule has 0 radical (unpaired) electrons. The molecule has 2 aromatic carbocycles. The zero-order chi connectivity index (χ0) is 17.4. The zero-order valence-electron chi connectivity index (χ0n) is 13.0. The molecule has 0 bridgehead atoms. The molecule has 2 N–H and O–H groups in total. The number of fused-ring (bicyclic) bond motifs is 3. The highest BCUT2D eigenvalue weighted by atomic mass is 79.9. The van der Waals surface area contributed by atoms with Crippen LogP contribution in [0, 0.1) is 0 Å². The maximum atomic E-state index is 12.2. The van der Waals surface area contributed by atoms with Crippen molar-refractivity contribution < 1.29 is 4.79 Å². The van der Waals surface area contributed by atoms with Crippen LogP contribution in [0.25, 0.3) is 11.3 Å². The van der Waals surface area contributed by atoms with Crippen molar-refractivity contribution in [3.63, 3.8) is 0 Å². The molecule has 0 saturated heterocycles. The van der Waals surface area contributed by atoms with E-state index < -0.39 is 0 Å². The summed E-state index contributed by atoms with van der Waals surface area (Å²) in [6.45, 7) is 0.469. The minimum absolute atomic E-state index is 0.0351. The maximum Gasteiger partial charge on any atom is 0.319 e. The van der Waals surface area contributed by atoms with Gasteiger partial charge in [-0.1, -0.05) is 35.9 Å². The molecule has 2 heterocycles. The second kappa shape index (κ2) is 6.54. The molecule has 2 amide bonds. The van der Waals surface area contributed by atoms with Gasteiger partial charge in [0.05, 0.1) is 29.3 Å². The van der Waals surface area contributed by atoms with Crippen molar-refractivity contribution >= 4 is 39.2 Å². The predicted molar refractivity (Wildman–Crippen MR) is 102 cm³/mol. The van der Waals surface area contributed by atoms with Crippen LogP contribution < -0.4 is 10.6 Å². The summed E-state index contributed by atoms with van der Waals surface area (Å²) in [5.74, 6) is 0. The van der Waals surface area contributed by atoms with Gasteiger partial charge in [-0.25, -0.2) is 9.78 Å². The summed E-state index contributed by atoms with van der Waals surface area (Å²) in [5, 5.41) is 6.27. The molecule has 1 atom stereocenters. The number of carbonyl (C=O) groups is 1. The summed E-state index contributed by atoms with van der Waals surface area (Å²) < 4.78 is 2.87. The molecule has 1 unspecified atom stereocenters. The summed E-state index contributed by atoms with van der Waals surface area (Å²) in [6, 6.07) is 13.2. The van der Waals surface area contributed by atoms with E-state index in [1.54, 1.807) is 24.5 Å². The Labute approximate surface area is 158 Å². The summed E-state index contributed by atoms with van der Waals surface area (Å²) in [5.41, 5.74) is 4.06. The van der Waals surface area contributed by atoms with Crippen molar-refractivity contribution in [3.8, 4) is 11.3 Å². The van der Waals surface area contributed by atoms with Gasteiger partial charge in [0.25, 0.3) is 0 Å². The van der Waals surface area contributed by atoms with Crippen LogP contribution in [0.1, 0.15) is 11.6 Å². The number of halogens is 2. The van der Waals surface area contributed by atoms with Crippen LogP contribution in [0.3, 0.4) is 0 Å². The highest BCUT2D eigenvalue weighted by Crippen LogP contribution is 2.38. The number of anilines is 1. The SMILES string of the molecule is O=C(NCC1c2ccccc2-c2cncn21)Nc1ccc(Br)c(Cl)c1. The van der Waals surface area contributed by atoms with Gasteiger partial charge in [0.15, 0.2) is 0 Å². The Balaban J connectivity index is 1.46. The van der Waals surface area contributed by atoms with E-state index in [0.29, 0.717) is 17.3 Å². The number of aromatic nitrogens is 2.